The Bertz CT molecular complexity index is 2380. The van der Waals surface area contributed by atoms with Crippen molar-refractivity contribution in [2.45, 2.75) is 0 Å². The minimum Gasteiger partial charge on any atom is -0.309 e. The molecule has 0 aliphatic rings. The van der Waals surface area contributed by atoms with E-state index in [1.165, 1.54) is 42.0 Å². The summed E-state index contributed by atoms with van der Waals surface area (Å²) in [5.41, 5.74) is 6.33. The Labute approximate surface area is 257 Å². The Morgan fingerprint density at radius 1 is 0.432 bits per heavy atom. The number of thiophene rings is 1. The van der Waals surface area contributed by atoms with Crippen molar-refractivity contribution in [1.29, 1.82) is 0 Å². The number of benzene rings is 6. The van der Waals surface area contributed by atoms with Gasteiger partial charge in [0, 0.05) is 53.3 Å². The lowest BCUT2D eigenvalue weighted by atomic mass is 10.1. The van der Waals surface area contributed by atoms with Gasteiger partial charge in [0.2, 0.25) is 0 Å². The van der Waals surface area contributed by atoms with E-state index < -0.39 is 0 Å². The van der Waals surface area contributed by atoms with E-state index in [4.69, 9.17) is 15.0 Å². The van der Waals surface area contributed by atoms with Gasteiger partial charge < -0.3 is 4.57 Å². The molecule has 0 unspecified atom stereocenters. The molecule has 44 heavy (non-hydrogen) atoms. The van der Waals surface area contributed by atoms with Gasteiger partial charge in [-0.05, 0) is 30.3 Å². The van der Waals surface area contributed by atoms with E-state index in [0.717, 1.165) is 22.4 Å². The molecule has 9 aromatic rings. The second kappa shape index (κ2) is 9.97. The third-order valence-electron chi connectivity index (χ3n) is 8.24. The van der Waals surface area contributed by atoms with Gasteiger partial charge in [-0.25, -0.2) is 15.0 Å². The van der Waals surface area contributed by atoms with Crippen LogP contribution < -0.4 is 0 Å². The fourth-order valence-corrected chi connectivity index (χ4v) is 7.43. The van der Waals surface area contributed by atoms with E-state index in [0.29, 0.717) is 17.5 Å². The van der Waals surface area contributed by atoms with Crippen molar-refractivity contribution in [3.05, 3.63) is 146 Å². The quantitative estimate of drug-likeness (QED) is 0.208. The lowest BCUT2D eigenvalue weighted by Gasteiger charge is -2.13. The molecule has 0 atom stereocenters. The fraction of sp³-hybridized carbons (Fsp3) is 0. The molecule has 0 amide bonds. The van der Waals surface area contributed by atoms with Crippen LogP contribution in [0.1, 0.15) is 0 Å². The van der Waals surface area contributed by atoms with Gasteiger partial charge >= 0.3 is 0 Å². The first kappa shape index (κ1) is 24.9. The summed E-state index contributed by atoms with van der Waals surface area (Å²) in [4.78, 5) is 15.2. The monoisotopic (exact) mass is 580 g/mol. The average molecular weight is 581 g/mol. The normalized spacial score (nSPS) is 11.6. The van der Waals surface area contributed by atoms with Crippen LogP contribution in [0.4, 0.5) is 0 Å². The van der Waals surface area contributed by atoms with Crippen molar-refractivity contribution in [1.82, 2.24) is 19.5 Å². The molecule has 4 nitrogen and oxygen atoms in total. The molecule has 0 saturated heterocycles. The van der Waals surface area contributed by atoms with E-state index in [1.807, 2.05) is 36.4 Å². The summed E-state index contributed by atoms with van der Waals surface area (Å²) in [6, 6.07) is 50.8. The molecule has 0 fully saturated rings. The number of para-hydroxylation sites is 2. The van der Waals surface area contributed by atoms with Gasteiger partial charge in [-0.2, -0.15) is 0 Å². The number of aromatic nitrogens is 4. The molecule has 0 bridgehead atoms. The highest BCUT2D eigenvalue weighted by atomic mass is 32.1. The van der Waals surface area contributed by atoms with Crippen LogP contribution >= 0.6 is 11.3 Å². The highest BCUT2D eigenvalue weighted by molar-refractivity contribution is 7.26. The van der Waals surface area contributed by atoms with E-state index in [-0.39, 0.29) is 0 Å². The Morgan fingerprint density at radius 2 is 0.932 bits per heavy atom. The van der Waals surface area contributed by atoms with Crippen molar-refractivity contribution in [2.75, 3.05) is 0 Å². The molecular formula is C39H24N4S. The molecule has 0 aliphatic carbocycles. The van der Waals surface area contributed by atoms with Crippen LogP contribution in [0.2, 0.25) is 0 Å². The lowest BCUT2D eigenvalue weighted by molar-refractivity contribution is 1.07. The summed E-state index contributed by atoms with van der Waals surface area (Å²) in [6.07, 6.45) is 0. The van der Waals surface area contributed by atoms with E-state index in [9.17, 15) is 0 Å². The van der Waals surface area contributed by atoms with Crippen LogP contribution in [0.25, 0.3) is 81.8 Å². The van der Waals surface area contributed by atoms with Gasteiger partial charge in [-0.1, -0.05) is 115 Å². The van der Waals surface area contributed by atoms with E-state index in [2.05, 4.69) is 114 Å². The predicted molar refractivity (Wildman–Crippen MR) is 183 cm³/mol. The molecule has 0 aliphatic heterocycles. The van der Waals surface area contributed by atoms with Gasteiger partial charge in [0.25, 0.3) is 0 Å². The van der Waals surface area contributed by atoms with E-state index in [1.54, 1.807) is 11.3 Å². The first-order valence-corrected chi connectivity index (χ1v) is 15.4. The summed E-state index contributed by atoms with van der Waals surface area (Å²) in [7, 11) is 0. The minimum atomic E-state index is 0.658. The van der Waals surface area contributed by atoms with Crippen LogP contribution in [0.3, 0.4) is 0 Å². The van der Waals surface area contributed by atoms with Gasteiger partial charge in [0.05, 0.1) is 11.0 Å². The zero-order valence-corrected chi connectivity index (χ0v) is 24.4. The van der Waals surface area contributed by atoms with Crippen LogP contribution in [0, 0.1) is 0 Å². The molecule has 6 aromatic carbocycles. The molecule has 9 rings (SSSR count). The maximum absolute atomic E-state index is 5.14. The van der Waals surface area contributed by atoms with Crippen molar-refractivity contribution in [3.8, 4) is 39.9 Å². The number of rotatable bonds is 4. The Hall–Kier alpha value is -5.65. The van der Waals surface area contributed by atoms with Gasteiger partial charge in [-0.3, -0.25) is 0 Å². The third kappa shape index (κ3) is 3.94. The second-order valence-electron chi connectivity index (χ2n) is 10.9. The average Bonchev–Trinajstić information content (AvgIpc) is 3.64. The molecular weight excluding hydrogens is 557 g/mol. The minimum absolute atomic E-state index is 0.658. The largest absolute Gasteiger partial charge is 0.309 e. The number of fused-ring (bicyclic) bond motifs is 6. The summed E-state index contributed by atoms with van der Waals surface area (Å²) in [5, 5.41) is 4.90. The smallest absolute Gasteiger partial charge is 0.165 e. The molecule has 3 aromatic heterocycles. The molecule has 0 saturated carbocycles. The van der Waals surface area contributed by atoms with Crippen molar-refractivity contribution in [2.24, 2.45) is 0 Å². The number of hydrogen-bond acceptors (Lipinski definition) is 4. The Kier molecular flexibility index (Phi) is 5.64. The number of nitrogens with zero attached hydrogens (tertiary/aromatic N) is 4. The number of hydrogen-bond donors (Lipinski definition) is 0. The van der Waals surface area contributed by atoms with Crippen LogP contribution in [0.5, 0.6) is 0 Å². The molecule has 3 heterocycles. The van der Waals surface area contributed by atoms with Crippen LogP contribution in [-0.4, -0.2) is 19.5 Å². The first-order valence-electron chi connectivity index (χ1n) is 14.6. The third-order valence-corrected chi connectivity index (χ3v) is 9.46. The molecule has 0 spiro atoms. The first-order chi connectivity index (χ1) is 21.8. The van der Waals surface area contributed by atoms with Gasteiger partial charge in [-0.15, -0.1) is 11.3 Å². The maximum atomic E-state index is 5.14. The maximum Gasteiger partial charge on any atom is 0.165 e. The summed E-state index contributed by atoms with van der Waals surface area (Å²) < 4.78 is 4.78. The summed E-state index contributed by atoms with van der Waals surface area (Å²) in [6.45, 7) is 0. The highest BCUT2D eigenvalue weighted by Crippen LogP contribution is 2.42. The summed E-state index contributed by atoms with van der Waals surface area (Å²) in [5.74, 6) is 1.98. The Balaban J connectivity index is 1.40. The van der Waals surface area contributed by atoms with Crippen molar-refractivity contribution >= 4 is 53.3 Å². The van der Waals surface area contributed by atoms with Crippen molar-refractivity contribution in [3.63, 3.8) is 0 Å². The van der Waals surface area contributed by atoms with Gasteiger partial charge in [0.1, 0.15) is 0 Å². The molecule has 0 radical (unpaired) electrons. The topological polar surface area (TPSA) is 43.6 Å². The second-order valence-corrected chi connectivity index (χ2v) is 11.9. The van der Waals surface area contributed by atoms with E-state index >= 15 is 0 Å². The van der Waals surface area contributed by atoms with Gasteiger partial charge in [0.15, 0.2) is 17.5 Å². The SMILES string of the molecule is c1ccc(-c2nc(-c3ccccc3)nc(-c3cc(-n4c5ccccc5c5ccccc54)cc4c3sc3ccccc34)n2)cc1. The highest BCUT2D eigenvalue weighted by Gasteiger charge is 2.20. The van der Waals surface area contributed by atoms with Crippen molar-refractivity contribution < 1.29 is 0 Å². The zero-order chi connectivity index (χ0) is 29.0. The zero-order valence-electron chi connectivity index (χ0n) is 23.6. The molecule has 5 heteroatoms. The fourth-order valence-electron chi connectivity index (χ4n) is 6.24. The predicted octanol–water partition coefficient (Wildman–Crippen LogP) is 10.3. The van der Waals surface area contributed by atoms with Crippen LogP contribution in [-0.2, 0) is 0 Å². The summed E-state index contributed by atoms with van der Waals surface area (Å²) >= 11 is 1.79. The standard InChI is InChI=1S/C39H24N4S/c1-3-13-25(14-4-1)37-40-38(26-15-5-2-6-16-26)42-39(41-37)32-24-27(23-31-30-19-9-12-22-35(30)44-36(31)32)43-33-20-10-7-17-28(33)29-18-8-11-21-34(29)43/h1-24H. The Morgan fingerprint density at radius 3 is 1.55 bits per heavy atom. The molecule has 206 valence electrons. The lowest BCUT2D eigenvalue weighted by Crippen LogP contribution is -2.01. The molecule has 0 N–H and O–H groups in total. The van der Waals surface area contributed by atoms with Crippen LogP contribution in [0.15, 0.2) is 146 Å².